The van der Waals surface area contributed by atoms with E-state index < -0.39 is 0 Å². The van der Waals surface area contributed by atoms with Crippen LogP contribution in [0.4, 0.5) is 0 Å². The molecule has 0 spiro atoms. The zero-order chi connectivity index (χ0) is 32.0. The van der Waals surface area contributed by atoms with Crippen LogP contribution >= 0.6 is 11.3 Å². The van der Waals surface area contributed by atoms with Gasteiger partial charge in [-0.25, -0.2) is 9.78 Å². The zero-order valence-corrected chi connectivity index (χ0v) is 27.4. The molecule has 3 aromatic carbocycles. The molecular formula is C38H44N2O4S. The smallest absolute Gasteiger partial charge is 0.333 e. The Bertz CT molecular complexity index is 1600. The molecule has 7 heteroatoms. The average Bonchev–Trinajstić information content (AvgIpc) is 3.53. The first-order valence-electron chi connectivity index (χ1n) is 15.7. The Morgan fingerprint density at radius 2 is 1.71 bits per heavy atom. The van der Waals surface area contributed by atoms with Crippen LogP contribution in [0.3, 0.4) is 0 Å². The number of fused-ring (bicyclic) bond motifs is 1. The molecule has 1 atom stereocenters. The number of carbonyl (C=O) groups is 2. The summed E-state index contributed by atoms with van der Waals surface area (Å²) in [4.78, 5) is 26.7. The largest absolute Gasteiger partial charge is 0.489 e. The van der Waals surface area contributed by atoms with Crippen LogP contribution in [-0.2, 0) is 27.4 Å². The van der Waals surface area contributed by atoms with Crippen LogP contribution in [0.1, 0.15) is 80.7 Å². The van der Waals surface area contributed by atoms with Crippen molar-refractivity contribution in [2.24, 2.45) is 11.7 Å². The van der Waals surface area contributed by atoms with Crippen LogP contribution in [0.2, 0.25) is 0 Å². The van der Waals surface area contributed by atoms with Gasteiger partial charge in [0.1, 0.15) is 23.7 Å². The highest BCUT2D eigenvalue weighted by Crippen LogP contribution is 2.24. The van der Waals surface area contributed by atoms with E-state index in [1.807, 2.05) is 42.6 Å². The van der Waals surface area contributed by atoms with Gasteiger partial charge in [0.2, 0.25) is 0 Å². The number of benzene rings is 3. The molecule has 45 heavy (non-hydrogen) atoms. The fourth-order valence-electron chi connectivity index (χ4n) is 5.29. The number of nitrogens with two attached hydrogens (primary N) is 1. The minimum absolute atomic E-state index is 0.200. The third-order valence-electron chi connectivity index (χ3n) is 7.71. The molecule has 0 amide bonds. The van der Waals surface area contributed by atoms with Crippen LogP contribution in [0.5, 0.6) is 5.75 Å². The minimum atomic E-state index is -0.304. The van der Waals surface area contributed by atoms with Gasteiger partial charge in [-0.05, 0) is 97.9 Å². The first-order valence-corrected chi connectivity index (χ1v) is 16.6. The number of allylic oxidation sites excluding steroid dienone is 2. The molecule has 0 bridgehead atoms. The number of thiazole rings is 1. The quantitative estimate of drug-likeness (QED) is 0.0776. The van der Waals surface area contributed by atoms with Crippen molar-refractivity contribution in [3.05, 3.63) is 111 Å². The van der Waals surface area contributed by atoms with E-state index in [-0.39, 0.29) is 12.0 Å². The molecule has 1 unspecified atom stereocenters. The highest BCUT2D eigenvalue weighted by atomic mass is 32.1. The summed E-state index contributed by atoms with van der Waals surface area (Å²) in [5, 5.41) is 5.30. The Morgan fingerprint density at radius 1 is 1.00 bits per heavy atom. The van der Waals surface area contributed by atoms with E-state index in [1.54, 1.807) is 31.3 Å². The van der Waals surface area contributed by atoms with Gasteiger partial charge in [-0.1, -0.05) is 67.8 Å². The van der Waals surface area contributed by atoms with Gasteiger partial charge < -0.3 is 20.0 Å². The van der Waals surface area contributed by atoms with Gasteiger partial charge in [0.05, 0.1) is 18.3 Å². The summed E-state index contributed by atoms with van der Waals surface area (Å²) in [7, 11) is 0. The van der Waals surface area contributed by atoms with E-state index in [4.69, 9.17) is 15.2 Å². The molecule has 1 aliphatic carbocycles. The maximum Gasteiger partial charge on any atom is 0.333 e. The maximum atomic E-state index is 11.8. The van der Waals surface area contributed by atoms with Crippen molar-refractivity contribution in [2.75, 3.05) is 6.61 Å². The second kappa shape index (κ2) is 17.4. The molecule has 236 valence electrons. The lowest BCUT2D eigenvalue weighted by molar-refractivity contribution is -0.138. The van der Waals surface area contributed by atoms with Gasteiger partial charge in [0.15, 0.2) is 0 Å². The van der Waals surface area contributed by atoms with Crippen LogP contribution in [-0.4, -0.2) is 23.8 Å². The number of nitrogens with zero attached hydrogens (tertiary/aromatic N) is 1. The van der Waals surface area contributed by atoms with Crippen molar-refractivity contribution in [3.63, 3.8) is 0 Å². The molecule has 0 radical (unpaired) electrons. The molecule has 6 nitrogen and oxygen atoms in total. The van der Waals surface area contributed by atoms with Gasteiger partial charge >= 0.3 is 5.97 Å². The Hall–Kier alpha value is -4.07. The first-order chi connectivity index (χ1) is 21.8. The molecule has 1 saturated carbocycles. The summed E-state index contributed by atoms with van der Waals surface area (Å²) < 4.78 is 11.0. The highest BCUT2D eigenvalue weighted by Gasteiger charge is 2.13. The number of rotatable bonds is 11. The second-order valence-electron chi connectivity index (χ2n) is 11.5. The van der Waals surface area contributed by atoms with Gasteiger partial charge in [0.25, 0.3) is 0 Å². The fraction of sp³-hybridized carbons (Fsp3) is 0.342. The predicted molar refractivity (Wildman–Crippen MR) is 184 cm³/mol. The third kappa shape index (κ3) is 10.8. The molecule has 2 N–H and O–H groups in total. The third-order valence-corrected chi connectivity index (χ3v) is 8.71. The number of hydrogen-bond donors (Lipinski definition) is 1. The van der Waals surface area contributed by atoms with E-state index in [0.29, 0.717) is 31.1 Å². The highest BCUT2D eigenvalue weighted by molar-refractivity contribution is 7.09. The molecule has 5 rings (SSSR count). The summed E-state index contributed by atoms with van der Waals surface area (Å²) in [5.74, 6) is 0.930. The lowest BCUT2D eigenvalue weighted by atomic mass is 9.91. The van der Waals surface area contributed by atoms with Crippen molar-refractivity contribution >= 4 is 40.4 Å². The van der Waals surface area contributed by atoms with Crippen LogP contribution in [0.25, 0.3) is 16.8 Å². The lowest BCUT2D eigenvalue weighted by Crippen LogP contribution is -2.13. The van der Waals surface area contributed by atoms with E-state index in [9.17, 15) is 9.59 Å². The lowest BCUT2D eigenvalue weighted by Gasteiger charge is -2.14. The van der Waals surface area contributed by atoms with E-state index >= 15 is 0 Å². The van der Waals surface area contributed by atoms with Crippen molar-refractivity contribution in [1.82, 2.24) is 4.98 Å². The summed E-state index contributed by atoms with van der Waals surface area (Å²) in [6, 6.07) is 22.6. The Balaban J connectivity index is 0.000000501. The number of aromatic nitrogens is 1. The predicted octanol–water partition coefficient (Wildman–Crippen LogP) is 8.80. The molecule has 1 fully saturated rings. The maximum absolute atomic E-state index is 11.8. The fourth-order valence-corrected chi connectivity index (χ4v) is 6.06. The summed E-state index contributed by atoms with van der Waals surface area (Å²) >= 11 is 1.54. The SMILES string of the molecule is CCOC(=O)/C(C)=C\C(C)=C\c1csc(C(N)Cc2ccc(OCc3ccc4ccccc4c3)cc2)n1.O=CC1CCCCC1. The number of ether oxygens (including phenoxy) is 2. The van der Waals surface area contributed by atoms with E-state index in [1.165, 1.54) is 30.0 Å². The number of esters is 1. The van der Waals surface area contributed by atoms with Gasteiger partial charge in [-0.3, -0.25) is 0 Å². The summed E-state index contributed by atoms with van der Waals surface area (Å²) in [5.41, 5.74) is 11.1. The van der Waals surface area contributed by atoms with Crippen LogP contribution in [0.15, 0.2) is 89.3 Å². The summed E-state index contributed by atoms with van der Waals surface area (Å²) in [6.07, 6.45) is 11.7. The monoisotopic (exact) mass is 624 g/mol. The standard InChI is InChI=1S/C31H32N2O3S.C7H12O/c1-4-35-31(34)22(3)15-21(2)16-27-20-37-30(33-27)29(32)18-23-10-13-28(14-11-23)36-19-24-9-12-25-7-5-6-8-26(25)17-24;8-6-7-4-2-1-3-5-7/h5-17,20,29H,4,18-19,32H2,1-3H3;6-7H,1-5H2/b21-16+,22-15-;. The van der Waals surface area contributed by atoms with E-state index in [2.05, 4.69) is 47.4 Å². The number of aldehydes is 1. The van der Waals surface area contributed by atoms with Gasteiger partial charge in [-0.2, -0.15) is 0 Å². The molecule has 1 aliphatic rings. The van der Waals surface area contributed by atoms with Crippen LogP contribution in [0, 0.1) is 5.92 Å². The van der Waals surface area contributed by atoms with Crippen molar-refractivity contribution in [2.45, 2.75) is 71.9 Å². The molecule has 4 aromatic rings. The Kier molecular flexibility index (Phi) is 13.1. The van der Waals surface area contributed by atoms with Crippen molar-refractivity contribution in [1.29, 1.82) is 0 Å². The topological polar surface area (TPSA) is 91.5 Å². The zero-order valence-electron chi connectivity index (χ0n) is 26.5. The first kappa shape index (κ1) is 33.8. The second-order valence-corrected chi connectivity index (χ2v) is 12.4. The van der Waals surface area contributed by atoms with Crippen LogP contribution < -0.4 is 10.5 Å². The Labute approximate surface area is 271 Å². The van der Waals surface area contributed by atoms with Gasteiger partial charge in [-0.15, -0.1) is 11.3 Å². The molecule has 1 aromatic heterocycles. The van der Waals surface area contributed by atoms with Gasteiger partial charge in [0, 0.05) is 16.9 Å². The number of carbonyl (C=O) groups excluding carboxylic acids is 2. The Morgan fingerprint density at radius 3 is 2.40 bits per heavy atom. The molecule has 0 aliphatic heterocycles. The number of hydrogen-bond acceptors (Lipinski definition) is 7. The average molecular weight is 625 g/mol. The minimum Gasteiger partial charge on any atom is -0.489 e. The van der Waals surface area contributed by atoms with Crippen molar-refractivity contribution in [3.8, 4) is 5.75 Å². The summed E-state index contributed by atoms with van der Waals surface area (Å²) in [6.45, 7) is 6.36. The molecule has 1 heterocycles. The molecular weight excluding hydrogens is 580 g/mol. The van der Waals surface area contributed by atoms with Crippen molar-refractivity contribution < 1.29 is 19.1 Å². The van der Waals surface area contributed by atoms with E-state index in [0.717, 1.165) is 52.3 Å². The molecule has 0 saturated heterocycles. The normalized spacial score (nSPS) is 14.8.